The number of H-pyrrole nitrogens is 1. The first-order valence-corrected chi connectivity index (χ1v) is 10.3. The third-order valence-corrected chi connectivity index (χ3v) is 5.20. The van der Waals surface area contributed by atoms with Crippen LogP contribution < -0.4 is 9.47 Å². The number of carbonyl (C=O) groups is 1. The van der Waals surface area contributed by atoms with E-state index in [2.05, 4.69) is 15.2 Å². The Hall–Kier alpha value is -2.68. The van der Waals surface area contributed by atoms with Crippen molar-refractivity contribution in [1.29, 1.82) is 0 Å². The van der Waals surface area contributed by atoms with Crippen LogP contribution in [0.15, 0.2) is 46.5 Å². The molecule has 2 aromatic carbocycles. The number of hydrogen-bond acceptors (Lipinski definition) is 6. The van der Waals surface area contributed by atoms with E-state index in [0.717, 1.165) is 11.8 Å². The Balaban J connectivity index is 1.93. The summed E-state index contributed by atoms with van der Waals surface area (Å²) in [5.74, 6) is 0.357. The second-order valence-corrected chi connectivity index (χ2v) is 7.72. The number of aromatic amines is 1. The van der Waals surface area contributed by atoms with Gasteiger partial charge >= 0.3 is 5.97 Å². The van der Waals surface area contributed by atoms with Gasteiger partial charge in [-0.2, -0.15) is 0 Å². The average Bonchev–Trinajstić information content (AvgIpc) is 3.18. The van der Waals surface area contributed by atoms with Crippen LogP contribution in [-0.4, -0.2) is 40.0 Å². The zero-order valence-electron chi connectivity index (χ0n) is 16.0. The molecule has 3 aromatic rings. The highest BCUT2D eigenvalue weighted by atomic mass is 35.5. The molecule has 0 atom stereocenters. The summed E-state index contributed by atoms with van der Waals surface area (Å²) in [6.07, 6.45) is 1.47. The molecule has 0 bridgehead atoms. The van der Waals surface area contributed by atoms with Gasteiger partial charge in [-0.05, 0) is 61.2 Å². The minimum atomic E-state index is -1.13. The molecule has 0 saturated heterocycles. The molecule has 0 amide bonds. The summed E-state index contributed by atoms with van der Waals surface area (Å²) in [4.78, 5) is 16.2. The Kier molecular flexibility index (Phi) is 7.25. The summed E-state index contributed by atoms with van der Waals surface area (Å²) in [7, 11) is 1.53. The summed E-state index contributed by atoms with van der Waals surface area (Å²) < 4.78 is 10.9. The Labute approximate surface area is 187 Å². The molecule has 1 heterocycles. The number of carboxylic acid groups (broad SMARTS) is 1. The standard InChI is InChI=1S/C20H17Cl2N3O4S/c1-3-29-15-6-4-12(21)8-11(15)9-17(19(26)27)30-20-23-18(24-25-20)14-10-13(22)5-7-16(14)28-2/h4-10H,3H2,1-2H3,(H,26,27)(H,23,24,25)/b17-9-. The second-order valence-electron chi connectivity index (χ2n) is 5.84. The number of carboxylic acids is 1. The lowest BCUT2D eigenvalue weighted by Crippen LogP contribution is -1.99. The number of methoxy groups -OCH3 is 1. The predicted octanol–water partition coefficient (Wildman–Crippen LogP) is 5.40. The maximum absolute atomic E-state index is 11.8. The molecule has 3 rings (SSSR count). The van der Waals surface area contributed by atoms with E-state index in [4.69, 9.17) is 32.7 Å². The van der Waals surface area contributed by atoms with Crippen LogP contribution in [0.2, 0.25) is 10.0 Å². The molecule has 0 unspecified atom stereocenters. The minimum absolute atomic E-state index is 0.00169. The smallest absolute Gasteiger partial charge is 0.342 e. The number of halogens is 2. The number of benzene rings is 2. The van der Waals surface area contributed by atoms with Crippen LogP contribution in [0, 0.1) is 0 Å². The quantitative estimate of drug-likeness (QED) is 0.339. The van der Waals surface area contributed by atoms with Gasteiger partial charge in [-0.25, -0.2) is 9.78 Å². The number of aromatic nitrogens is 3. The van der Waals surface area contributed by atoms with E-state index in [1.807, 2.05) is 6.92 Å². The van der Waals surface area contributed by atoms with E-state index in [9.17, 15) is 9.90 Å². The molecule has 0 aliphatic rings. The number of aliphatic carboxylic acids is 1. The van der Waals surface area contributed by atoms with Gasteiger partial charge in [-0.1, -0.05) is 23.2 Å². The first kappa shape index (κ1) is 22.0. The minimum Gasteiger partial charge on any atom is -0.496 e. The molecule has 156 valence electrons. The first-order chi connectivity index (χ1) is 14.4. The maximum atomic E-state index is 11.8. The van der Waals surface area contributed by atoms with Crippen LogP contribution in [0.3, 0.4) is 0 Å². The molecule has 7 nitrogen and oxygen atoms in total. The van der Waals surface area contributed by atoms with E-state index >= 15 is 0 Å². The van der Waals surface area contributed by atoms with Crippen LogP contribution in [0.1, 0.15) is 12.5 Å². The fourth-order valence-electron chi connectivity index (χ4n) is 2.57. The zero-order chi connectivity index (χ0) is 21.7. The van der Waals surface area contributed by atoms with Gasteiger partial charge in [0.1, 0.15) is 16.4 Å². The lowest BCUT2D eigenvalue weighted by molar-refractivity contribution is -0.131. The highest BCUT2D eigenvalue weighted by Gasteiger charge is 2.17. The third kappa shape index (κ3) is 5.27. The van der Waals surface area contributed by atoms with Crippen molar-refractivity contribution in [2.75, 3.05) is 13.7 Å². The van der Waals surface area contributed by atoms with Gasteiger partial charge in [0, 0.05) is 15.6 Å². The fraction of sp³-hybridized carbons (Fsp3) is 0.150. The molecule has 0 fully saturated rings. The summed E-state index contributed by atoms with van der Waals surface area (Å²) >= 11 is 13.0. The normalized spacial score (nSPS) is 11.4. The zero-order valence-corrected chi connectivity index (χ0v) is 18.3. The van der Waals surface area contributed by atoms with Crippen LogP contribution in [0.4, 0.5) is 0 Å². The van der Waals surface area contributed by atoms with Crippen LogP contribution in [0.25, 0.3) is 17.5 Å². The van der Waals surface area contributed by atoms with E-state index in [1.165, 1.54) is 13.2 Å². The van der Waals surface area contributed by atoms with Crippen molar-refractivity contribution in [1.82, 2.24) is 15.2 Å². The van der Waals surface area contributed by atoms with Gasteiger partial charge < -0.3 is 14.6 Å². The predicted molar refractivity (Wildman–Crippen MR) is 117 cm³/mol. The molecule has 0 aliphatic carbocycles. The SMILES string of the molecule is CCOc1ccc(Cl)cc1/C=C(\Sc1n[nH]c(-c2cc(Cl)ccc2OC)n1)C(=O)O. The van der Waals surface area contributed by atoms with Crippen molar-refractivity contribution >= 4 is 47.0 Å². The van der Waals surface area contributed by atoms with Crippen LogP contribution >= 0.6 is 35.0 Å². The number of hydrogen-bond donors (Lipinski definition) is 2. The van der Waals surface area contributed by atoms with Crippen molar-refractivity contribution in [2.45, 2.75) is 12.1 Å². The third-order valence-electron chi connectivity index (χ3n) is 3.85. The molecule has 0 radical (unpaired) electrons. The lowest BCUT2D eigenvalue weighted by atomic mass is 10.2. The molecule has 0 aliphatic heterocycles. The molecule has 0 spiro atoms. The summed E-state index contributed by atoms with van der Waals surface area (Å²) in [6.45, 7) is 2.28. The summed E-state index contributed by atoms with van der Waals surface area (Å²) in [6, 6.07) is 10.1. The Morgan fingerprint density at radius 3 is 2.57 bits per heavy atom. The number of nitrogens with one attached hydrogen (secondary N) is 1. The van der Waals surface area contributed by atoms with Crippen LogP contribution in [0.5, 0.6) is 11.5 Å². The molecule has 30 heavy (non-hydrogen) atoms. The van der Waals surface area contributed by atoms with Crippen molar-refractivity contribution in [3.8, 4) is 22.9 Å². The molecular formula is C20H17Cl2N3O4S. The largest absolute Gasteiger partial charge is 0.496 e. The highest BCUT2D eigenvalue weighted by molar-refractivity contribution is 8.04. The molecule has 2 N–H and O–H groups in total. The molecular weight excluding hydrogens is 449 g/mol. The Bertz CT molecular complexity index is 1100. The van der Waals surface area contributed by atoms with Crippen LogP contribution in [-0.2, 0) is 4.79 Å². The van der Waals surface area contributed by atoms with Crippen molar-refractivity contribution < 1.29 is 19.4 Å². The summed E-state index contributed by atoms with van der Waals surface area (Å²) in [5, 5.41) is 17.7. The topological polar surface area (TPSA) is 97.3 Å². The fourth-order valence-corrected chi connectivity index (χ4v) is 3.62. The van der Waals surface area contributed by atoms with Gasteiger partial charge in [-0.15, -0.1) is 5.10 Å². The monoisotopic (exact) mass is 465 g/mol. The number of nitrogens with zero attached hydrogens (tertiary/aromatic N) is 2. The first-order valence-electron chi connectivity index (χ1n) is 8.72. The van der Waals surface area contributed by atoms with E-state index in [-0.39, 0.29) is 10.1 Å². The average molecular weight is 466 g/mol. The van der Waals surface area contributed by atoms with Gasteiger partial charge in [-0.3, -0.25) is 5.10 Å². The van der Waals surface area contributed by atoms with E-state index in [1.54, 1.807) is 36.4 Å². The molecule has 10 heteroatoms. The van der Waals surface area contributed by atoms with Gasteiger partial charge in [0.25, 0.3) is 0 Å². The Morgan fingerprint density at radius 2 is 1.90 bits per heavy atom. The second kappa shape index (κ2) is 9.88. The van der Waals surface area contributed by atoms with Crippen molar-refractivity contribution in [3.05, 3.63) is 56.9 Å². The van der Waals surface area contributed by atoms with E-state index < -0.39 is 5.97 Å². The number of thioether (sulfide) groups is 1. The van der Waals surface area contributed by atoms with Crippen molar-refractivity contribution in [3.63, 3.8) is 0 Å². The van der Waals surface area contributed by atoms with Gasteiger partial charge in [0.15, 0.2) is 5.82 Å². The van der Waals surface area contributed by atoms with Gasteiger partial charge in [0.2, 0.25) is 5.16 Å². The number of ether oxygens (including phenoxy) is 2. The van der Waals surface area contributed by atoms with Crippen molar-refractivity contribution in [2.24, 2.45) is 0 Å². The lowest BCUT2D eigenvalue weighted by Gasteiger charge is -2.08. The maximum Gasteiger partial charge on any atom is 0.342 e. The Morgan fingerprint density at radius 1 is 1.20 bits per heavy atom. The summed E-state index contributed by atoms with van der Waals surface area (Å²) in [5.41, 5.74) is 1.15. The molecule has 0 saturated carbocycles. The molecule has 1 aromatic heterocycles. The number of rotatable bonds is 8. The van der Waals surface area contributed by atoms with E-state index in [0.29, 0.717) is 45.1 Å². The van der Waals surface area contributed by atoms with Gasteiger partial charge in [0.05, 0.1) is 19.3 Å². The highest BCUT2D eigenvalue weighted by Crippen LogP contribution is 2.34.